The highest BCUT2D eigenvalue weighted by Gasteiger charge is 2.19. The van der Waals surface area contributed by atoms with E-state index in [-0.39, 0.29) is 11.9 Å². The Hall–Kier alpha value is -0.610. The molecule has 4 nitrogen and oxygen atoms in total. The van der Waals surface area contributed by atoms with Crippen LogP contribution in [0.15, 0.2) is 0 Å². The van der Waals surface area contributed by atoms with E-state index in [0.717, 1.165) is 26.2 Å². The Labute approximate surface area is 85.8 Å². The van der Waals surface area contributed by atoms with Crippen LogP contribution in [0.25, 0.3) is 0 Å². The smallest absolute Gasteiger partial charge is 0.235 e. The SMILES string of the molecule is CCNC(CN1CCCCC1)C(N)=O. The zero-order valence-corrected chi connectivity index (χ0v) is 8.96. The molecule has 1 atom stereocenters. The third kappa shape index (κ3) is 3.64. The lowest BCUT2D eigenvalue weighted by Gasteiger charge is -2.29. The first-order chi connectivity index (χ1) is 6.74. The van der Waals surface area contributed by atoms with Crippen molar-refractivity contribution in [3.63, 3.8) is 0 Å². The summed E-state index contributed by atoms with van der Waals surface area (Å²) in [7, 11) is 0. The highest BCUT2D eigenvalue weighted by molar-refractivity contribution is 5.80. The number of amides is 1. The minimum atomic E-state index is -0.238. The maximum absolute atomic E-state index is 11.1. The molecular weight excluding hydrogens is 178 g/mol. The van der Waals surface area contributed by atoms with Crippen LogP contribution in [0.5, 0.6) is 0 Å². The van der Waals surface area contributed by atoms with Gasteiger partial charge in [-0.2, -0.15) is 0 Å². The summed E-state index contributed by atoms with van der Waals surface area (Å²) in [4.78, 5) is 13.4. The van der Waals surface area contributed by atoms with Crippen LogP contribution >= 0.6 is 0 Å². The first-order valence-corrected chi connectivity index (χ1v) is 5.49. The molecule has 0 aromatic carbocycles. The summed E-state index contributed by atoms with van der Waals surface area (Å²) in [6, 6.07) is -0.182. The fourth-order valence-corrected chi connectivity index (χ4v) is 1.90. The van der Waals surface area contributed by atoms with E-state index < -0.39 is 0 Å². The Kier molecular flexibility index (Phi) is 4.90. The molecule has 0 aliphatic carbocycles. The second-order valence-corrected chi connectivity index (χ2v) is 3.87. The summed E-state index contributed by atoms with van der Waals surface area (Å²) >= 11 is 0. The molecule has 1 fully saturated rings. The normalized spacial score (nSPS) is 20.6. The van der Waals surface area contributed by atoms with Crippen molar-refractivity contribution in [1.29, 1.82) is 0 Å². The van der Waals surface area contributed by atoms with Crippen molar-refractivity contribution in [2.45, 2.75) is 32.2 Å². The van der Waals surface area contributed by atoms with E-state index in [2.05, 4.69) is 10.2 Å². The Bertz CT molecular complexity index is 178. The molecule has 1 aliphatic heterocycles. The van der Waals surface area contributed by atoms with E-state index in [1.165, 1.54) is 19.3 Å². The molecule has 1 rings (SSSR count). The molecule has 14 heavy (non-hydrogen) atoms. The molecule has 0 spiro atoms. The van der Waals surface area contributed by atoms with Gasteiger partial charge in [0.15, 0.2) is 0 Å². The summed E-state index contributed by atoms with van der Waals surface area (Å²) in [6.07, 6.45) is 3.81. The highest BCUT2D eigenvalue weighted by Crippen LogP contribution is 2.08. The van der Waals surface area contributed by atoms with Crippen molar-refractivity contribution in [3.05, 3.63) is 0 Å². The Morgan fingerprint density at radius 1 is 1.43 bits per heavy atom. The third-order valence-corrected chi connectivity index (χ3v) is 2.68. The second-order valence-electron chi connectivity index (χ2n) is 3.87. The van der Waals surface area contributed by atoms with Gasteiger partial charge >= 0.3 is 0 Å². The Morgan fingerprint density at radius 3 is 2.57 bits per heavy atom. The van der Waals surface area contributed by atoms with Gasteiger partial charge in [0.1, 0.15) is 0 Å². The Balaban J connectivity index is 2.33. The average Bonchev–Trinajstić information content (AvgIpc) is 2.18. The summed E-state index contributed by atoms with van der Waals surface area (Å²) in [6.45, 7) is 5.76. The molecule has 0 saturated carbocycles. The van der Waals surface area contributed by atoms with Crippen LogP contribution in [-0.2, 0) is 4.79 Å². The van der Waals surface area contributed by atoms with Gasteiger partial charge < -0.3 is 16.0 Å². The summed E-state index contributed by atoms with van der Waals surface area (Å²) in [5, 5.41) is 3.11. The van der Waals surface area contributed by atoms with Crippen molar-refractivity contribution in [1.82, 2.24) is 10.2 Å². The quantitative estimate of drug-likeness (QED) is 0.652. The molecule has 1 heterocycles. The van der Waals surface area contributed by atoms with Crippen LogP contribution in [0, 0.1) is 0 Å². The van der Waals surface area contributed by atoms with Gasteiger partial charge in [-0.1, -0.05) is 13.3 Å². The zero-order valence-electron chi connectivity index (χ0n) is 8.96. The lowest BCUT2D eigenvalue weighted by molar-refractivity contribution is -0.120. The van der Waals surface area contributed by atoms with E-state index in [4.69, 9.17) is 5.73 Å². The fourth-order valence-electron chi connectivity index (χ4n) is 1.90. The lowest BCUT2D eigenvalue weighted by Crippen LogP contribution is -2.50. The average molecular weight is 199 g/mol. The number of piperidine rings is 1. The molecule has 1 amide bonds. The van der Waals surface area contributed by atoms with Crippen molar-refractivity contribution >= 4 is 5.91 Å². The summed E-state index contributed by atoms with van der Waals surface area (Å²) in [5.74, 6) is -0.238. The van der Waals surface area contributed by atoms with E-state index in [9.17, 15) is 4.79 Å². The molecule has 4 heteroatoms. The topological polar surface area (TPSA) is 58.4 Å². The number of hydrogen-bond acceptors (Lipinski definition) is 3. The number of carbonyl (C=O) groups excluding carboxylic acids is 1. The second kappa shape index (κ2) is 5.98. The largest absolute Gasteiger partial charge is 0.368 e. The van der Waals surface area contributed by atoms with Crippen LogP contribution in [0.4, 0.5) is 0 Å². The van der Waals surface area contributed by atoms with Gasteiger partial charge in [0, 0.05) is 6.54 Å². The molecule has 1 unspecified atom stereocenters. The van der Waals surface area contributed by atoms with Gasteiger partial charge in [0.2, 0.25) is 5.91 Å². The summed E-state index contributed by atoms with van der Waals surface area (Å²) < 4.78 is 0. The number of likely N-dealkylation sites (N-methyl/N-ethyl adjacent to an activating group) is 1. The number of rotatable bonds is 5. The minimum absolute atomic E-state index is 0.182. The first kappa shape index (κ1) is 11.5. The van der Waals surface area contributed by atoms with Gasteiger partial charge in [-0.15, -0.1) is 0 Å². The van der Waals surface area contributed by atoms with Crippen LogP contribution in [0.1, 0.15) is 26.2 Å². The van der Waals surface area contributed by atoms with Crippen LogP contribution in [0.2, 0.25) is 0 Å². The van der Waals surface area contributed by atoms with E-state index >= 15 is 0 Å². The number of nitrogens with two attached hydrogens (primary N) is 1. The molecular formula is C10H21N3O. The number of likely N-dealkylation sites (tertiary alicyclic amines) is 1. The number of nitrogens with zero attached hydrogens (tertiary/aromatic N) is 1. The van der Waals surface area contributed by atoms with Crippen molar-refractivity contribution in [3.8, 4) is 0 Å². The van der Waals surface area contributed by atoms with E-state index in [1.807, 2.05) is 6.92 Å². The van der Waals surface area contributed by atoms with Crippen LogP contribution in [0.3, 0.4) is 0 Å². The van der Waals surface area contributed by atoms with Gasteiger partial charge in [-0.05, 0) is 32.5 Å². The molecule has 0 aromatic heterocycles. The van der Waals surface area contributed by atoms with E-state index in [0.29, 0.717) is 0 Å². The standard InChI is InChI=1S/C10H21N3O/c1-2-12-9(10(11)14)8-13-6-4-3-5-7-13/h9,12H,2-8H2,1H3,(H2,11,14). The number of carbonyl (C=O) groups is 1. The molecule has 1 aliphatic rings. The predicted octanol–water partition coefficient (Wildman–Crippen LogP) is -0.0643. The van der Waals surface area contributed by atoms with Crippen LogP contribution in [-0.4, -0.2) is 43.0 Å². The molecule has 82 valence electrons. The molecule has 0 radical (unpaired) electrons. The fraction of sp³-hybridized carbons (Fsp3) is 0.900. The van der Waals surface area contributed by atoms with Crippen molar-refractivity contribution in [2.24, 2.45) is 5.73 Å². The van der Waals surface area contributed by atoms with Crippen LogP contribution < -0.4 is 11.1 Å². The highest BCUT2D eigenvalue weighted by atomic mass is 16.1. The molecule has 0 aromatic rings. The lowest BCUT2D eigenvalue weighted by atomic mass is 10.1. The number of hydrogen-bond donors (Lipinski definition) is 2. The van der Waals surface area contributed by atoms with Gasteiger partial charge in [-0.25, -0.2) is 0 Å². The number of nitrogens with one attached hydrogen (secondary N) is 1. The maximum Gasteiger partial charge on any atom is 0.235 e. The molecule has 3 N–H and O–H groups in total. The monoisotopic (exact) mass is 199 g/mol. The van der Waals surface area contributed by atoms with E-state index in [1.54, 1.807) is 0 Å². The maximum atomic E-state index is 11.1. The minimum Gasteiger partial charge on any atom is -0.368 e. The van der Waals surface area contributed by atoms with Gasteiger partial charge in [0.25, 0.3) is 0 Å². The number of primary amides is 1. The first-order valence-electron chi connectivity index (χ1n) is 5.49. The van der Waals surface area contributed by atoms with Crippen molar-refractivity contribution in [2.75, 3.05) is 26.2 Å². The van der Waals surface area contributed by atoms with Gasteiger partial charge in [0.05, 0.1) is 6.04 Å². The third-order valence-electron chi connectivity index (χ3n) is 2.68. The summed E-state index contributed by atoms with van der Waals surface area (Å²) in [5.41, 5.74) is 5.31. The Morgan fingerprint density at radius 2 is 2.07 bits per heavy atom. The molecule has 1 saturated heterocycles. The van der Waals surface area contributed by atoms with Crippen molar-refractivity contribution < 1.29 is 4.79 Å². The van der Waals surface area contributed by atoms with Gasteiger partial charge in [-0.3, -0.25) is 4.79 Å². The molecule has 0 bridgehead atoms. The predicted molar refractivity (Wildman–Crippen MR) is 57.0 cm³/mol. The zero-order chi connectivity index (χ0) is 10.4.